The standard InChI is InChI=1S/C17H20N2/c1-18-17(10-13-6-5-9-19-12-13)16-11-15(16)14-7-3-2-4-8-14/h2-9,12,15-18H,10-11H2,1H3. The first-order valence-electron chi connectivity index (χ1n) is 6.99. The number of nitrogens with zero attached hydrogens (tertiary/aromatic N) is 1. The fourth-order valence-electron chi connectivity index (χ4n) is 2.98. The van der Waals surface area contributed by atoms with Crippen LogP contribution in [0.3, 0.4) is 0 Å². The Bertz CT molecular complexity index is 509. The number of hydrogen-bond donors (Lipinski definition) is 1. The Hall–Kier alpha value is -1.67. The highest BCUT2D eigenvalue weighted by atomic mass is 14.9. The van der Waals surface area contributed by atoms with Crippen molar-refractivity contribution in [2.24, 2.45) is 5.92 Å². The van der Waals surface area contributed by atoms with Crippen LogP contribution in [0.2, 0.25) is 0 Å². The van der Waals surface area contributed by atoms with Gasteiger partial charge in [-0.2, -0.15) is 0 Å². The number of nitrogens with one attached hydrogen (secondary N) is 1. The van der Waals surface area contributed by atoms with E-state index < -0.39 is 0 Å². The Balaban J connectivity index is 1.65. The number of rotatable bonds is 5. The summed E-state index contributed by atoms with van der Waals surface area (Å²) < 4.78 is 0. The quantitative estimate of drug-likeness (QED) is 0.885. The lowest BCUT2D eigenvalue weighted by atomic mass is 10.00. The topological polar surface area (TPSA) is 24.9 Å². The van der Waals surface area contributed by atoms with E-state index in [2.05, 4.69) is 53.7 Å². The maximum atomic E-state index is 4.20. The van der Waals surface area contributed by atoms with Crippen LogP contribution in [0, 0.1) is 5.92 Å². The van der Waals surface area contributed by atoms with Gasteiger partial charge < -0.3 is 5.32 Å². The minimum Gasteiger partial charge on any atom is -0.316 e. The fraction of sp³-hybridized carbons (Fsp3) is 0.353. The first-order valence-corrected chi connectivity index (χ1v) is 6.99. The monoisotopic (exact) mass is 252 g/mol. The normalized spacial score (nSPS) is 23.0. The Kier molecular flexibility index (Phi) is 3.60. The number of benzene rings is 1. The summed E-state index contributed by atoms with van der Waals surface area (Å²) in [4.78, 5) is 4.20. The zero-order valence-corrected chi connectivity index (χ0v) is 11.3. The van der Waals surface area contributed by atoms with E-state index in [9.17, 15) is 0 Å². The van der Waals surface area contributed by atoms with E-state index in [1.165, 1.54) is 17.5 Å². The van der Waals surface area contributed by atoms with Crippen molar-refractivity contribution in [3.05, 3.63) is 66.0 Å². The lowest BCUT2D eigenvalue weighted by Gasteiger charge is -2.16. The van der Waals surface area contributed by atoms with Crippen LogP contribution in [-0.4, -0.2) is 18.1 Å². The van der Waals surface area contributed by atoms with Crippen LogP contribution < -0.4 is 5.32 Å². The van der Waals surface area contributed by atoms with Crippen molar-refractivity contribution in [1.29, 1.82) is 0 Å². The van der Waals surface area contributed by atoms with E-state index in [0.717, 1.165) is 18.3 Å². The maximum absolute atomic E-state index is 4.20. The molecule has 1 saturated carbocycles. The third-order valence-corrected chi connectivity index (χ3v) is 4.13. The average Bonchev–Trinajstić information content (AvgIpc) is 3.27. The van der Waals surface area contributed by atoms with Crippen molar-refractivity contribution in [2.45, 2.75) is 24.8 Å². The lowest BCUT2D eigenvalue weighted by molar-refractivity contribution is 0.490. The van der Waals surface area contributed by atoms with Crippen molar-refractivity contribution in [1.82, 2.24) is 10.3 Å². The molecule has 1 aliphatic rings. The highest BCUT2D eigenvalue weighted by molar-refractivity contribution is 5.27. The van der Waals surface area contributed by atoms with Gasteiger partial charge in [0, 0.05) is 18.4 Å². The van der Waals surface area contributed by atoms with Gasteiger partial charge in [0.2, 0.25) is 0 Å². The molecule has 1 heterocycles. The second-order valence-corrected chi connectivity index (χ2v) is 5.38. The molecule has 1 aromatic heterocycles. The minimum atomic E-state index is 0.550. The van der Waals surface area contributed by atoms with Crippen LogP contribution in [0.5, 0.6) is 0 Å². The van der Waals surface area contributed by atoms with E-state index in [0.29, 0.717) is 6.04 Å². The van der Waals surface area contributed by atoms with E-state index in [1.807, 2.05) is 18.5 Å². The highest BCUT2D eigenvalue weighted by Crippen LogP contribution is 2.49. The molecule has 19 heavy (non-hydrogen) atoms. The van der Waals surface area contributed by atoms with Crippen molar-refractivity contribution >= 4 is 0 Å². The van der Waals surface area contributed by atoms with Gasteiger partial charge in [-0.1, -0.05) is 36.4 Å². The van der Waals surface area contributed by atoms with Crippen molar-refractivity contribution in [3.63, 3.8) is 0 Å². The molecule has 1 fully saturated rings. The van der Waals surface area contributed by atoms with Gasteiger partial charge in [-0.25, -0.2) is 0 Å². The molecule has 0 bridgehead atoms. The third-order valence-electron chi connectivity index (χ3n) is 4.13. The summed E-state index contributed by atoms with van der Waals surface area (Å²) in [5.74, 6) is 1.49. The fourth-order valence-corrected chi connectivity index (χ4v) is 2.98. The van der Waals surface area contributed by atoms with Gasteiger partial charge in [0.1, 0.15) is 0 Å². The van der Waals surface area contributed by atoms with Crippen molar-refractivity contribution < 1.29 is 0 Å². The van der Waals surface area contributed by atoms with Crippen molar-refractivity contribution in [2.75, 3.05) is 7.05 Å². The first kappa shape index (κ1) is 12.4. The van der Waals surface area contributed by atoms with Crippen LogP contribution in [0.15, 0.2) is 54.9 Å². The zero-order chi connectivity index (χ0) is 13.1. The molecular formula is C17H20N2. The van der Waals surface area contributed by atoms with Gasteiger partial charge in [-0.15, -0.1) is 0 Å². The molecule has 1 N–H and O–H groups in total. The molecule has 1 aromatic carbocycles. The number of pyridine rings is 1. The summed E-state index contributed by atoms with van der Waals surface area (Å²) in [7, 11) is 2.07. The molecule has 0 saturated heterocycles. The van der Waals surface area contributed by atoms with Crippen LogP contribution in [0.4, 0.5) is 0 Å². The molecule has 1 aliphatic carbocycles. The Labute approximate surface area is 114 Å². The van der Waals surface area contributed by atoms with Crippen molar-refractivity contribution in [3.8, 4) is 0 Å². The highest BCUT2D eigenvalue weighted by Gasteiger charge is 2.42. The van der Waals surface area contributed by atoms with Crippen LogP contribution >= 0.6 is 0 Å². The first-order chi connectivity index (χ1) is 9.38. The SMILES string of the molecule is CNC(Cc1cccnc1)C1CC1c1ccccc1. The number of hydrogen-bond acceptors (Lipinski definition) is 2. The second kappa shape index (κ2) is 5.54. The van der Waals surface area contributed by atoms with Crippen LogP contribution in [-0.2, 0) is 6.42 Å². The minimum absolute atomic E-state index is 0.550. The Morgan fingerprint density at radius 2 is 2.05 bits per heavy atom. The smallest absolute Gasteiger partial charge is 0.0300 e. The molecule has 2 aromatic rings. The molecule has 0 radical (unpaired) electrons. The maximum Gasteiger partial charge on any atom is 0.0300 e. The third kappa shape index (κ3) is 2.85. The second-order valence-electron chi connectivity index (χ2n) is 5.38. The van der Waals surface area contributed by atoms with Gasteiger partial charge in [-0.05, 0) is 48.9 Å². The van der Waals surface area contributed by atoms with E-state index >= 15 is 0 Å². The van der Waals surface area contributed by atoms with E-state index in [1.54, 1.807) is 0 Å². The summed E-state index contributed by atoms with van der Waals surface area (Å²) in [5.41, 5.74) is 2.81. The summed E-state index contributed by atoms with van der Waals surface area (Å²) >= 11 is 0. The molecule has 3 atom stereocenters. The summed E-state index contributed by atoms with van der Waals surface area (Å²) in [6.07, 6.45) is 6.18. The summed E-state index contributed by atoms with van der Waals surface area (Å²) in [6, 6.07) is 15.6. The van der Waals surface area contributed by atoms with Gasteiger partial charge in [-0.3, -0.25) is 4.98 Å². The molecule has 2 nitrogen and oxygen atoms in total. The van der Waals surface area contributed by atoms with Gasteiger partial charge in [0.05, 0.1) is 0 Å². The zero-order valence-electron chi connectivity index (χ0n) is 11.3. The molecule has 3 unspecified atom stereocenters. The van der Waals surface area contributed by atoms with Gasteiger partial charge in [0.25, 0.3) is 0 Å². The van der Waals surface area contributed by atoms with Gasteiger partial charge in [0.15, 0.2) is 0 Å². The summed E-state index contributed by atoms with van der Waals surface area (Å²) in [6.45, 7) is 0. The summed E-state index contributed by atoms with van der Waals surface area (Å²) in [5, 5.41) is 3.48. The predicted molar refractivity (Wildman–Crippen MR) is 78.1 cm³/mol. The van der Waals surface area contributed by atoms with Crippen LogP contribution in [0.1, 0.15) is 23.5 Å². The number of likely N-dealkylation sites (N-methyl/N-ethyl adjacent to an activating group) is 1. The predicted octanol–water partition coefficient (Wildman–Crippen LogP) is 3.02. The van der Waals surface area contributed by atoms with Crippen LogP contribution in [0.25, 0.3) is 0 Å². The molecular weight excluding hydrogens is 232 g/mol. The largest absolute Gasteiger partial charge is 0.316 e. The molecule has 0 spiro atoms. The molecule has 3 rings (SSSR count). The molecule has 98 valence electrons. The van der Waals surface area contributed by atoms with Gasteiger partial charge >= 0.3 is 0 Å². The molecule has 0 aliphatic heterocycles. The van der Waals surface area contributed by atoms with E-state index in [4.69, 9.17) is 0 Å². The molecule has 0 amide bonds. The lowest BCUT2D eigenvalue weighted by Crippen LogP contribution is -2.30. The Morgan fingerprint density at radius 1 is 1.21 bits per heavy atom. The molecule has 2 heteroatoms. The Morgan fingerprint density at radius 3 is 2.74 bits per heavy atom. The average molecular weight is 252 g/mol. The van der Waals surface area contributed by atoms with E-state index in [-0.39, 0.29) is 0 Å². The number of aromatic nitrogens is 1.